The van der Waals surface area contributed by atoms with Gasteiger partial charge in [0.2, 0.25) is 0 Å². The maximum atomic E-state index is 5.79. The Bertz CT molecular complexity index is 211. The zero-order valence-electron chi connectivity index (χ0n) is 12.4. The number of ether oxygens (including phenoxy) is 1. The predicted molar refractivity (Wildman–Crippen MR) is 74.3 cm³/mol. The molecule has 2 atom stereocenters. The van der Waals surface area contributed by atoms with E-state index in [1.807, 2.05) is 0 Å². The SMILES string of the molecule is CCCC1CC(NCC(C)(C)C(C)C)CCO1. The molecule has 1 saturated heterocycles. The van der Waals surface area contributed by atoms with Crippen molar-refractivity contribution in [3.8, 4) is 0 Å². The van der Waals surface area contributed by atoms with Crippen molar-refractivity contribution >= 4 is 0 Å². The fraction of sp³-hybridized carbons (Fsp3) is 1.00. The van der Waals surface area contributed by atoms with Gasteiger partial charge in [-0.05, 0) is 30.6 Å². The largest absolute Gasteiger partial charge is 0.378 e. The van der Waals surface area contributed by atoms with Crippen molar-refractivity contribution in [2.75, 3.05) is 13.2 Å². The molecule has 17 heavy (non-hydrogen) atoms. The summed E-state index contributed by atoms with van der Waals surface area (Å²) in [5.41, 5.74) is 0.387. The Hall–Kier alpha value is -0.0800. The second-order valence-electron chi connectivity index (χ2n) is 6.53. The third-order valence-corrected chi connectivity index (χ3v) is 4.39. The summed E-state index contributed by atoms with van der Waals surface area (Å²) in [4.78, 5) is 0. The molecule has 1 N–H and O–H groups in total. The van der Waals surface area contributed by atoms with Crippen LogP contribution in [0.2, 0.25) is 0 Å². The van der Waals surface area contributed by atoms with Crippen molar-refractivity contribution in [1.29, 1.82) is 0 Å². The van der Waals surface area contributed by atoms with Crippen LogP contribution in [-0.2, 0) is 4.74 Å². The molecule has 0 amide bonds. The second kappa shape index (κ2) is 6.75. The summed E-state index contributed by atoms with van der Waals surface area (Å²) in [5, 5.41) is 3.75. The van der Waals surface area contributed by atoms with Crippen LogP contribution in [0.25, 0.3) is 0 Å². The molecule has 102 valence electrons. The van der Waals surface area contributed by atoms with Crippen LogP contribution in [0, 0.1) is 11.3 Å². The van der Waals surface area contributed by atoms with E-state index in [1.54, 1.807) is 0 Å². The van der Waals surface area contributed by atoms with Gasteiger partial charge >= 0.3 is 0 Å². The summed E-state index contributed by atoms with van der Waals surface area (Å²) in [7, 11) is 0. The van der Waals surface area contributed by atoms with Gasteiger partial charge in [0, 0.05) is 19.2 Å². The lowest BCUT2D eigenvalue weighted by Crippen LogP contribution is -2.44. The molecule has 0 spiro atoms. The van der Waals surface area contributed by atoms with Crippen LogP contribution < -0.4 is 5.32 Å². The normalized spacial score (nSPS) is 26.5. The average molecular weight is 241 g/mol. The van der Waals surface area contributed by atoms with Crippen LogP contribution in [0.4, 0.5) is 0 Å². The first-order chi connectivity index (χ1) is 7.95. The van der Waals surface area contributed by atoms with Crippen molar-refractivity contribution in [2.24, 2.45) is 11.3 Å². The third-order valence-electron chi connectivity index (χ3n) is 4.39. The highest BCUT2D eigenvalue weighted by Gasteiger charge is 2.26. The van der Waals surface area contributed by atoms with Crippen molar-refractivity contribution < 1.29 is 4.74 Å². The molecular formula is C15H31NO. The Morgan fingerprint density at radius 3 is 2.65 bits per heavy atom. The zero-order chi connectivity index (χ0) is 12.9. The molecule has 1 aliphatic rings. The molecular weight excluding hydrogens is 210 g/mol. The molecule has 2 unspecified atom stereocenters. The lowest BCUT2D eigenvalue weighted by molar-refractivity contribution is -0.00517. The van der Waals surface area contributed by atoms with Gasteiger partial charge in [-0.3, -0.25) is 0 Å². The fourth-order valence-corrected chi connectivity index (χ4v) is 2.20. The van der Waals surface area contributed by atoms with Gasteiger partial charge < -0.3 is 10.1 Å². The number of hydrogen-bond donors (Lipinski definition) is 1. The zero-order valence-corrected chi connectivity index (χ0v) is 12.4. The van der Waals surface area contributed by atoms with E-state index in [0.717, 1.165) is 19.1 Å². The Kier molecular flexibility index (Phi) is 5.94. The molecule has 1 rings (SSSR count). The molecule has 0 aliphatic carbocycles. The molecule has 0 aromatic carbocycles. The molecule has 1 heterocycles. The van der Waals surface area contributed by atoms with Crippen molar-refractivity contribution in [1.82, 2.24) is 5.32 Å². The molecule has 0 aromatic rings. The first-order valence-corrected chi connectivity index (χ1v) is 7.30. The summed E-state index contributed by atoms with van der Waals surface area (Å²) in [6.45, 7) is 13.6. The summed E-state index contributed by atoms with van der Waals surface area (Å²) in [5.74, 6) is 0.723. The molecule has 1 fully saturated rings. The van der Waals surface area contributed by atoms with Gasteiger partial charge in [-0.2, -0.15) is 0 Å². The van der Waals surface area contributed by atoms with Crippen LogP contribution in [0.3, 0.4) is 0 Å². The maximum Gasteiger partial charge on any atom is 0.0589 e. The van der Waals surface area contributed by atoms with Gasteiger partial charge in [0.05, 0.1) is 6.10 Å². The first-order valence-electron chi connectivity index (χ1n) is 7.30. The minimum Gasteiger partial charge on any atom is -0.378 e. The Morgan fingerprint density at radius 2 is 2.06 bits per heavy atom. The van der Waals surface area contributed by atoms with E-state index in [4.69, 9.17) is 4.74 Å². The van der Waals surface area contributed by atoms with Gasteiger partial charge in [-0.1, -0.05) is 41.0 Å². The molecule has 2 nitrogen and oxygen atoms in total. The van der Waals surface area contributed by atoms with Crippen molar-refractivity contribution in [3.63, 3.8) is 0 Å². The van der Waals surface area contributed by atoms with E-state index < -0.39 is 0 Å². The van der Waals surface area contributed by atoms with E-state index in [2.05, 4.69) is 39.9 Å². The standard InChI is InChI=1S/C15H31NO/c1-6-7-14-10-13(8-9-17-14)16-11-15(4,5)12(2)3/h12-14,16H,6-11H2,1-5H3. The quantitative estimate of drug-likeness (QED) is 0.767. The molecule has 0 saturated carbocycles. The molecule has 0 radical (unpaired) electrons. The maximum absolute atomic E-state index is 5.79. The van der Waals surface area contributed by atoms with E-state index in [-0.39, 0.29) is 0 Å². The van der Waals surface area contributed by atoms with Crippen molar-refractivity contribution in [3.05, 3.63) is 0 Å². The minimum atomic E-state index is 0.387. The predicted octanol–water partition coefficient (Wildman–Crippen LogP) is 3.61. The summed E-state index contributed by atoms with van der Waals surface area (Å²) in [6, 6.07) is 0.665. The highest BCUT2D eigenvalue weighted by atomic mass is 16.5. The van der Waals surface area contributed by atoms with E-state index in [9.17, 15) is 0 Å². The fourth-order valence-electron chi connectivity index (χ4n) is 2.20. The Labute approximate surface area is 108 Å². The van der Waals surface area contributed by atoms with E-state index >= 15 is 0 Å². The smallest absolute Gasteiger partial charge is 0.0589 e. The first kappa shape index (κ1) is 15.0. The third kappa shape index (κ3) is 4.97. The second-order valence-corrected chi connectivity index (χ2v) is 6.53. The molecule has 0 aromatic heterocycles. The van der Waals surface area contributed by atoms with Gasteiger partial charge in [0.25, 0.3) is 0 Å². The lowest BCUT2D eigenvalue weighted by Gasteiger charge is -2.35. The molecule has 1 aliphatic heterocycles. The Balaban J connectivity index is 2.31. The van der Waals surface area contributed by atoms with Crippen molar-refractivity contribution in [2.45, 2.75) is 72.4 Å². The summed E-state index contributed by atoms with van der Waals surface area (Å²) in [6.07, 6.45) is 5.31. The lowest BCUT2D eigenvalue weighted by atomic mass is 9.81. The highest BCUT2D eigenvalue weighted by molar-refractivity contribution is 4.81. The summed E-state index contributed by atoms with van der Waals surface area (Å²) >= 11 is 0. The molecule has 2 heteroatoms. The molecule has 0 bridgehead atoms. The Morgan fingerprint density at radius 1 is 1.35 bits per heavy atom. The van der Waals surface area contributed by atoms with Gasteiger partial charge in [-0.25, -0.2) is 0 Å². The van der Waals surface area contributed by atoms with E-state index in [1.165, 1.54) is 25.7 Å². The monoisotopic (exact) mass is 241 g/mol. The van der Waals surface area contributed by atoms with E-state index in [0.29, 0.717) is 17.6 Å². The van der Waals surface area contributed by atoms with Crippen LogP contribution in [0.15, 0.2) is 0 Å². The van der Waals surface area contributed by atoms with Crippen LogP contribution in [-0.4, -0.2) is 25.3 Å². The minimum absolute atomic E-state index is 0.387. The topological polar surface area (TPSA) is 21.3 Å². The van der Waals surface area contributed by atoms with Gasteiger partial charge in [0.1, 0.15) is 0 Å². The number of nitrogens with one attached hydrogen (secondary N) is 1. The average Bonchev–Trinajstić information content (AvgIpc) is 2.27. The van der Waals surface area contributed by atoms with Crippen LogP contribution in [0.5, 0.6) is 0 Å². The van der Waals surface area contributed by atoms with Crippen LogP contribution >= 0.6 is 0 Å². The number of hydrogen-bond acceptors (Lipinski definition) is 2. The van der Waals surface area contributed by atoms with Gasteiger partial charge in [-0.15, -0.1) is 0 Å². The van der Waals surface area contributed by atoms with Crippen LogP contribution in [0.1, 0.15) is 60.3 Å². The highest BCUT2D eigenvalue weighted by Crippen LogP contribution is 2.26. The number of rotatable bonds is 6. The van der Waals surface area contributed by atoms with Gasteiger partial charge in [0.15, 0.2) is 0 Å². The summed E-state index contributed by atoms with van der Waals surface area (Å²) < 4.78 is 5.79.